The van der Waals surface area contributed by atoms with Gasteiger partial charge in [-0.05, 0) is 54.8 Å². The maximum Gasteiger partial charge on any atom is 0.243 e. The number of aryl methyl sites for hydroxylation is 1. The second-order valence-electron chi connectivity index (χ2n) is 6.54. The molecule has 1 aliphatic heterocycles. The Morgan fingerprint density at radius 2 is 1.69 bits per heavy atom. The largest absolute Gasteiger partial charge is 0.252 e. The molecule has 2 aromatic carbocycles. The van der Waals surface area contributed by atoms with Crippen molar-refractivity contribution in [2.45, 2.75) is 24.7 Å². The fraction of sp³-hybridized carbons (Fsp3) is 0.250. The first kappa shape index (κ1) is 17.5. The quantitative estimate of drug-likeness (QED) is 0.669. The predicted octanol–water partition coefficient (Wildman–Crippen LogP) is 3.99. The lowest BCUT2D eigenvalue weighted by Gasteiger charge is -2.19. The summed E-state index contributed by atoms with van der Waals surface area (Å²) in [4.78, 5) is 5.08. The van der Waals surface area contributed by atoms with Crippen LogP contribution in [0.5, 0.6) is 0 Å². The highest BCUT2D eigenvalue weighted by Gasteiger charge is 2.27. The summed E-state index contributed by atoms with van der Waals surface area (Å²) in [7, 11) is -3.53. The summed E-state index contributed by atoms with van der Waals surface area (Å²) in [5.41, 5.74) is 4.36. The number of nitrogens with zero attached hydrogens (tertiary/aromatic N) is 2. The van der Waals surface area contributed by atoms with Crippen LogP contribution in [0.4, 0.5) is 0 Å². The summed E-state index contributed by atoms with van der Waals surface area (Å²) in [6.45, 7) is 2.99. The van der Waals surface area contributed by atoms with E-state index in [-0.39, 0.29) is 4.90 Å². The molecule has 0 radical (unpaired) electrons. The van der Waals surface area contributed by atoms with Crippen LogP contribution in [-0.2, 0) is 22.9 Å². The summed E-state index contributed by atoms with van der Waals surface area (Å²) < 4.78 is 27.5. The van der Waals surface area contributed by atoms with Crippen molar-refractivity contribution in [3.63, 3.8) is 0 Å². The van der Waals surface area contributed by atoms with Gasteiger partial charge in [-0.3, -0.25) is 4.98 Å². The standard InChI is InChI=1S/C20H19ClN2O2S/c1-14-17-4-2-3-5-19(17)22-20-11-13-23(12-10-18(14)20)26(24,25)16-8-6-15(21)7-9-16/h2-9H,10-13H2,1H3. The third kappa shape index (κ3) is 3.00. The van der Waals surface area contributed by atoms with Crippen molar-refractivity contribution in [3.8, 4) is 0 Å². The molecule has 0 saturated carbocycles. The Balaban J connectivity index is 1.69. The van der Waals surface area contributed by atoms with Gasteiger partial charge in [-0.1, -0.05) is 29.8 Å². The van der Waals surface area contributed by atoms with Crippen LogP contribution in [-0.4, -0.2) is 30.8 Å². The van der Waals surface area contributed by atoms with Gasteiger partial charge in [0.05, 0.1) is 10.4 Å². The van der Waals surface area contributed by atoms with E-state index in [2.05, 4.69) is 13.0 Å². The van der Waals surface area contributed by atoms with E-state index in [1.165, 1.54) is 11.1 Å². The first-order valence-corrected chi connectivity index (χ1v) is 10.4. The summed E-state index contributed by atoms with van der Waals surface area (Å²) in [6.07, 6.45) is 1.29. The Morgan fingerprint density at radius 3 is 2.46 bits per heavy atom. The molecule has 0 unspecified atom stereocenters. The molecule has 0 bridgehead atoms. The van der Waals surface area contributed by atoms with Crippen molar-refractivity contribution in [3.05, 3.63) is 70.4 Å². The molecule has 0 saturated heterocycles. The first-order valence-electron chi connectivity index (χ1n) is 8.59. The molecule has 4 rings (SSSR count). The van der Waals surface area contributed by atoms with Crippen LogP contribution in [0.3, 0.4) is 0 Å². The molecule has 0 fully saturated rings. The number of halogens is 1. The minimum Gasteiger partial charge on any atom is -0.252 e. The van der Waals surface area contributed by atoms with Crippen molar-refractivity contribution < 1.29 is 8.42 Å². The van der Waals surface area contributed by atoms with E-state index in [0.717, 1.165) is 16.6 Å². The Kier molecular flexibility index (Phi) is 4.47. The summed E-state index contributed by atoms with van der Waals surface area (Å²) in [5, 5.41) is 1.67. The minimum absolute atomic E-state index is 0.280. The molecule has 3 aromatic rings. The van der Waals surface area contributed by atoms with Crippen LogP contribution < -0.4 is 0 Å². The van der Waals surface area contributed by atoms with Crippen molar-refractivity contribution in [2.24, 2.45) is 0 Å². The van der Waals surface area contributed by atoms with Crippen LogP contribution in [0.25, 0.3) is 10.9 Å². The zero-order chi connectivity index (χ0) is 18.3. The Morgan fingerprint density at radius 1 is 1.00 bits per heavy atom. The number of pyridine rings is 1. The van der Waals surface area contributed by atoms with Gasteiger partial charge < -0.3 is 0 Å². The maximum atomic E-state index is 13.0. The van der Waals surface area contributed by atoms with E-state index in [1.807, 2.05) is 18.2 Å². The lowest BCUT2D eigenvalue weighted by atomic mass is 9.99. The minimum atomic E-state index is -3.53. The highest BCUT2D eigenvalue weighted by Crippen LogP contribution is 2.27. The van der Waals surface area contributed by atoms with Crippen molar-refractivity contribution in [1.82, 2.24) is 9.29 Å². The van der Waals surface area contributed by atoms with E-state index >= 15 is 0 Å². The number of sulfonamides is 1. The molecular weight excluding hydrogens is 368 g/mol. The lowest BCUT2D eigenvalue weighted by Crippen LogP contribution is -2.33. The number of benzene rings is 2. The summed E-state index contributed by atoms with van der Waals surface area (Å²) in [5.74, 6) is 0. The summed E-state index contributed by atoms with van der Waals surface area (Å²) >= 11 is 5.89. The molecule has 2 heterocycles. The summed E-state index contributed by atoms with van der Waals surface area (Å²) in [6, 6.07) is 14.4. The van der Waals surface area contributed by atoms with E-state index < -0.39 is 10.0 Å². The number of aromatic nitrogens is 1. The predicted molar refractivity (Wildman–Crippen MR) is 104 cm³/mol. The van der Waals surface area contributed by atoms with Gasteiger partial charge in [-0.25, -0.2) is 8.42 Å². The molecule has 1 aromatic heterocycles. The fourth-order valence-corrected chi connectivity index (χ4v) is 5.16. The van der Waals surface area contributed by atoms with Crippen LogP contribution in [0, 0.1) is 6.92 Å². The van der Waals surface area contributed by atoms with E-state index in [1.54, 1.807) is 28.6 Å². The Hall–Kier alpha value is -1.95. The number of hydrogen-bond acceptors (Lipinski definition) is 3. The number of para-hydroxylation sites is 1. The molecule has 0 amide bonds. The molecule has 1 aliphatic rings. The van der Waals surface area contributed by atoms with Crippen molar-refractivity contribution in [1.29, 1.82) is 0 Å². The molecule has 0 aliphatic carbocycles. The Bertz CT molecular complexity index is 1080. The molecule has 4 nitrogen and oxygen atoms in total. The monoisotopic (exact) mass is 386 g/mol. The molecule has 0 atom stereocenters. The van der Waals surface area contributed by atoms with Gasteiger partial charge in [-0.2, -0.15) is 4.31 Å². The van der Waals surface area contributed by atoms with Crippen LogP contribution in [0.2, 0.25) is 5.02 Å². The van der Waals surface area contributed by atoms with Gasteiger partial charge in [0, 0.05) is 35.6 Å². The smallest absolute Gasteiger partial charge is 0.243 e. The van der Waals surface area contributed by atoms with Gasteiger partial charge in [0.1, 0.15) is 0 Å². The first-order chi connectivity index (χ1) is 12.5. The van der Waals surface area contributed by atoms with Gasteiger partial charge in [0.15, 0.2) is 0 Å². The van der Waals surface area contributed by atoms with Gasteiger partial charge in [0.25, 0.3) is 0 Å². The fourth-order valence-electron chi connectivity index (χ4n) is 3.59. The van der Waals surface area contributed by atoms with Gasteiger partial charge in [0.2, 0.25) is 10.0 Å². The van der Waals surface area contributed by atoms with E-state index in [9.17, 15) is 8.42 Å². The zero-order valence-electron chi connectivity index (χ0n) is 14.4. The second kappa shape index (κ2) is 6.65. The van der Waals surface area contributed by atoms with Gasteiger partial charge >= 0.3 is 0 Å². The topological polar surface area (TPSA) is 50.3 Å². The van der Waals surface area contributed by atoms with Crippen LogP contribution in [0.1, 0.15) is 16.8 Å². The molecule has 26 heavy (non-hydrogen) atoms. The van der Waals surface area contributed by atoms with Crippen molar-refractivity contribution in [2.75, 3.05) is 13.1 Å². The highest BCUT2D eigenvalue weighted by atomic mass is 35.5. The molecular formula is C20H19ClN2O2S. The third-order valence-electron chi connectivity index (χ3n) is 5.03. The maximum absolute atomic E-state index is 13.0. The van der Waals surface area contributed by atoms with E-state index in [0.29, 0.717) is 31.0 Å². The number of hydrogen-bond donors (Lipinski definition) is 0. The van der Waals surface area contributed by atoms with Gasteiger partial charge in [-0.15, -0.1) is 0 Å². The average Bonchev–Trinajstić information content (AvgIpc) is 2.86. The zero-order valence-corrected chi connectivity index (χ0v) is 16.0. The number of rotatable bonds is 2. The van der Waals surface area contributed by atoms with Crippen molar-refractivity contribution >= 4 is 32.5 Å². The molecule has 0 N–H and O–H groups in total. The SMILES string of the molecule is Cc1c2c(nc3ccccc13)CCN(S(=O)(=O)c1ccc(Cl)cc1)CC2. The average molecular weight is 387 g/mol. The van der Waals surface area contributed by atoms with Crippen LogP contribution in [0.15, 0.2) is 53.4 Å². The molecule has 134 valence electrons. The third-order valence-corrected chi connectivity index (χ3v) is 7.19. The second-order valence-corrected chi connectivity index (χ2v) is 8.91. The van der Waals surface area contributed by atoms with Crippen LogP contribution >= 0.6 is 11.6 Å². The Labute approximate surface area is 158 Å². The highest BCUT2D eigenvalue weighted by molar-refractivity contribution is 7.89. The molecule has 0 spiro atoms. The number of fused-ring (bicyclic) bond motifs is 2. The van der Waals surface area contributed by atoms with E-state index in [4.69, 9.17) is 16.6 Å². The molecule has 6 heteroatoms. The lowest BCUT2D eigenvalue weighted by molar-refractivity contribution is 0.426. The normalized spacial score (nSPS) is 15.6.